The van der Waals surface area contributed by atoms with Crippen molar-refractivity contribution in [2.75, 3.05) is 26.6 Å². The first-order valence-corrected chi connectivity index (χ1v) is 13.3. The number of benzene rings is 3. The fourth-order valence-electron chi connectivity index (χ4n) is 5.40. The van der Waals surface area contributed by atoms with Gasteiger partial charge in [0.05, 0.1) is 33.3 Å². The molecule has 0 radical (unpaired) electrons. The zero-order valence-corrected chi connectivity index (χ0v) is 22.8. The van der Waals surface area contributed by atoms with E-state index in [4.69, 9.17) is 24.7 Å². The third-order valence-electron chi connectivity index (χ3n) is 7.54. The summed E-state index contributed by atoms with van der Waals surface area (Å²) in [7, 11) is 3.27. The molecule has 10 heteroatoms. The van der Waals surface area contributed by atoms with Crippen LogP contribution in [0.15, 0.2) is 91.5 Å². The number of imidazole rings is 1. The van der Waals surface area contributed by atoms with Gasteiger partial charge in [0.25, 0.3) is 0 Å². The second-order valence-electron chi connectivity index (χ2n) is 9.83. The number of rotatable bonds is 9. The molecule has 3 aromatic carbocycles. The number of nitrogens with zero attached hydrogens (tertiary/aromatic N) is 4. The van der Waals surface area contributed by atoms with E-state index in [1.807, 2.05) is 78.9 Å². The van der Waals surface area contributed by atoms with Crippen LogP contribution in [0.3, 0.4) is 0 Å². The van der Waals surface area contributed by atoms with Crippen molar-refractivity contribution in [2.45, 2.75) is 30.5 Å². The molecule has 210 valence electrons. The Labute approximate surface area is 237 Å². The normalized spacial score (nSPS) is 19.0. The molecule has 3 N–H and O–H groups in total. The van der Waals surface area contributed by atoms with Crippen LogP contribution in [0.1, 0.15) is 29.3 Å². The van der Waals surface area contributed by atoms with Crippen molar-refractivity contribution in [3.63, 3.8) is 0 Å². The fraction of sp³-hybridized carbons (Fsp3) is 0.258. The molecule has 0 aliphatic carbocycles. The van der Waals surface area contributed by atoms with Gasteiger partial charge in [0, 0.05) is 6.42 Å². The van der Waals surface area contributed by atoms with Crippen LogP contribution in [0, 0.1) is 0 Å². The molecule has 6 rings (SSSR count). The molecule has 3 atom stereocenters. The fourth-order valence-corrected chi connectivity index (χ4v) is 5.40. The predicted molar refractivity (Wildman–Crippen MR) is 153 cm³/mol. The maximum Gasteiger partial charge on any atom is 0.167 e. The minimum atomic E-state index is -1.02. The summed E-state index contributed by atoms with van der Waals surface area (Å²) < 4.78 is 25.9. The number of fused-ring (bicyclic) bond motifs is 1. The minimum Gasteiger partial charge on any atom is -0.497 e. The number of aliphatic hydroxyl groups is 1. The van der Waals surface area contributed by atoms with Gasteiger partial charge in [0.15, 0.2) is 11.5 Å². The summed E-state index contributed by atoms with van der Waals surface area (Å²) >= 11 is 0. The first-order chi connectivity index (χ1) is 20.0. The van der Waals surface area contributed by atoms with Crippen LogP contribution in [-0.4, -0.2) is 57.7 Å². The number of anilines is 1. The number of nitrogen functional groups attached to an aromatic ring is 1. The van der Waals surface area contributed by atoms with Gasteiger partial charge in [-0.15, -0.1) is 0 Å². The molecule has 0 bridgehead atoms. The second kappa shape index (κ2) is 11.2. The summed E-state index contributed by atoms with van der Waals surface area (Å²) in [5.74, 6) is 1.76. The number of hydrogen-bond acceptors (Lipinski definition) is 9. The van der Waals surface area contributed by atoms with Crippen LogP contribution >= 0.6 is 0 Å². The van der Waals surface area contributed by atoms with E-state index in [1.54, 1.807) is 25.1 Å². The van der Waals surface area contributed by atoms with Crippen LogP contribution in [-0.2, 0) is 15.1 Å². The SMILES string of the molecule is COc1ccc(C(OC[C@H]2O[C@H](n3cnc4c(N)ncnc43)C[C@H]2O)(c2ccccc2)c2ccc(OC)cc2)cc1. The highest BCUT2D eigenvalue weighted by Crippen LogP contribution is 2.43. The molecule has 0 spiro atoms. The molecule has 10 nitrogen and oxygen atoms in total. The Kier molecular flexibility index (Phi) is 7.27. The lowest BCUT2D eigenvalue weighted by Gasteiger charge is -2.37. The third-order valence-corrected chi connectivity index (χ3v) is 7.54. The minimum absolute atomic E-state index is 0.106. The topological polar surface area (TPSA) is 127 Å². The van der Waals surface area contributed by atoms with Crippen LogP contribution < -0.4 is 15.2 Å². The van der Waals surface area contributed by atoms with Gasteiger partial charge < -0.3 is 29.8 Å². The molecule has 3 heterocycles. The zero-order valence-electron chi connectivity index (χ0n) is 22.8. The molecular formula is C31H31N5O5. The number of hydrogen-bond donors (Lipinski definition) is 2. The summed E-state index contributed by atoms with van der Waals surface area (Å²) in [6.45, 7) is 0.106. The monoisotopic (exact) mass is 553 g/mol. The van der Waals surface area contributed by atoms with Crippen molar-refractivity contribution in [2.24, 2.45) is 0 Å². The average molecular weight is 554 g/mol. The van der Waals surface area contributed by atoms with Crippen molar-refractivity contribution in [3.8, 4) is 11.5 Å². The average Bonchev–Trinajstić information content (AvgIpc) is 3.62. The van der Waals surface area contributed by atoms with E-state index in [2.05, 4.69) is 15.0 Å². The van der Waals surface area contributed by atoms with Gasteiger partial charge in [-0.3, -0.25) is 4.57 Å². The highest BCUT2D eigenvalue weighted by Gasteiger charge is 2.42. The van der Waals surface area contributed by atoms with Crippen molar-refractivity contribution in [1.82, 2.24) is 19.5 Å². The molecule has 1 aliphatic rings. The summed E-state index contributed by atoms with van der Waals surface area (Å²) in [5, 5.41) is 11.1. The molecule has 1 aliphatic heterocycles. The lowest BCUT2D eigenvalue weighted by atomic mass is 9.80. The Morgan fingerprint density at radius 1 is 0.878 bits per heavy atom. The van der Waals surface area contributed by atoms with E-state index in [0.717, 1.165) is 28.2 Å². The first kappa shape index (κ1) is 26.7. The molecular weight excluding hydrogens is 522 g/mol. The Bertz CT molecular complexity index is 1560. The van der Waals surface area contributed by atoms with Gasteiger partial charge in [-0.1, -0.05) is 54.6 Å². The molecule has 2 aromatic heterocycles. The predicted octanol–water partition coefficient (Wildman–Crippen LogP) is 4.08. The number of aliphatic hydroxyl groups excluding tert-OH is 1. The van der Waals surface area contributed by atoms with Gasteiger partial charge in [0.1, 0.15) is 41.3 Å². The van der Waals surface area contributed by atoms with Crippen LogP contribution in [0.2, 0.25) is 0 Å². The van der Waals surface area contributed by atoms with Crippen molar-refractivity contribution in [3.05, 3.63) is 108 Å². The molecule has 0 unspecified atom stereocenters. The van der Waals surface area contributed by atoms with Crippen molar-refractivity contribution >= 4 is 17.0 Å². The van der Waals surface area contributed by atoms with E-state index in [1.165, 1.54) is 6.33 Å². The molecule has 1 saturated heterocycles. The summed E-state index contributed by atoms with van der Waals surface area (Å²) in [5.41, 5.74) is 8.70. The maximum atomic E-state index is 11.1. The summed E-state index contributed by atoms with van der Waals surface area (Å²) in [4.78, 5) is 12.7. The molecule has 0 saturated carbocycles. The number of nitrogens with two attached hydrogens (primary N) is 1. The summed E-state index contributed by atoms with van der Waals surface area (Å²) in [6, 6.07) is 25.6. The molecule has 5 aromatic rings. The van der Waals surface area contributed by atoms with Crippen molar-refractivity contribution in [1.29, 1.82) is 0 Å². The lowest BCUT2D eigenvalue weighted by Crippen LogP contribution is -2.38. The Balaban J connectivity index is 1.37. The lowest BCUT2D eigenvalue weighted by molar-refractivity contribution is -0.0931. The molecule has 0 amide bonds. The van der Waals surface area contributed by atoms with E-state index in [-0.39, 0.29) is 6.61 Å². The van der Waals surface area contributed by atoms with Gasteiger partial charge in [0.2, 0.25) is 0 Å². The maximum absolute atomic E-state index is 11.1. The molecule has 41 heavy (non-hydrogen) atoms. The van der Waals surface area contributed by atoms with Gasteiger partial charge in [-0.05, 0) is 41.0 Å². The molecule has 1 fully saturated rings. The van der Waals surface area contributed by atoms with Crippen LogP contribution in [0.4, 0.5) is 5.82 Å². The highest BCUT2D eigenvalue weighted by atomic mass is 16.6. The van der Waals surface area contributed by atoms with E-state index >= 15 is 0 Å². The van der Waals surface area contributed by atoms with Gasteiger partial charge in [-0.25, -0.2) is 15.0 Å². The Hall–Kier alpha value is -4.51. The zero-order chi connectivity index (χ0) is 28.4. The smallest absolute Gasteiger partial charge is 0.167 e. The van der Waals surface area contributed by atoms with Gasteiger partial charge in [-0.2, -0.15) is 0 Å². The third kappa shape index (κ3) is 4.86. The summed E-state index contributed by atoms with van der Waals surface area (Å²) in [6.07, 6.45) is 1.45. The standard InChI is InChI=1S/C31H31N5O5/c1-38-23-12-8-21(9-13-23)31(20-6-4-3-5-7-20,22-10-14-24(39-2)15-11-22)40-17-26-25(37)16-27(41-26)36-19-35-28-29(32)33-18-34-30(28)36/h3-15,18-19,25-27,37H,16-17H2,1-2H3,(H2,32,33,34)/t25-,26-,27+/m1/s1. The second-order valence-corrected chi connectivity index (χ2v) is 9.83. The number of aromatic nitrogens is 4. The Morgan fingerprint density at radius 2 is 1.49 bits per heavy atom. The number of ether oxygens (including phenoxy) is 4. The van der Waals surface area contributed by atoms with Crippen LogP contribution in [0.5, 0.6) is 11.5 Å². The number of methoxy groups -OCH3 is 2. The van der Waals surface area contributed by atoms with E-state index < -0.39 is 24.0 Å². The Morgan fingerprint density at radius 3 is 2.10 bits per heavy atom. The van der Waals surface area contributed by atoms with Gasteiger partial charge >= 0.3 is 0 Å². The largest absolute Gasteiger partial charge is 0.497 e. The highest BCUT2D eigenvalue weighted by molar-refractivity contribution is 5.81. The van der Waals surface area contributed by atoms with E-state index in [9.17, 15) is 5.11 Å². The van der Waals surface area contributed by atoms with Crippen LogP contribution in [0.25, 0.3) is 11.2 Å². The van der Waals surface area contributed by atoms with E-state index in [0.29, 0.717) is 23.4 Å². The quantitative estimate of drug-likeness (QED) is 0.260. The first-order valence-electron chi connectivity index (χ1n) is 13.3. The van der Waals surface area contributed by atoms with Crippen molar-refractivity contribution < 1.29 is 24.1 Å².